The Balaban J connectivity index is 0.00000180. The smallest absolute Gasteiger partial charge is 0.226 e. The van der Waals surface area contributed by atoms with Gasteiger partial charge in [-0.1, -0.05) is 27.7 Å². The quantitative estimate of drug-likeness (QED) is 0.866. The molecule has 0 aliphatic carbocycles. The van der Waals surface area contributed by atoms with Crippen molar-refractivity contribution in [3.63, 3.8) is 0 Å². The lowest BCUT2D eigenvalue weighted by Gasteiger charge is -2.37. The van der Waals surface area contributed by atoms with Gasteiger partial charge in [-0.05, 0) is 43.7 Å². The van der Waals surface area contributed by atoms with Crippen molar-refractivity contribution in [1.29, 1.82) is 0 Å². The number of amides is 1. The monoisotopic (exact) mass is 288 g/mol. The van der Waals surface area contributed by atoms with E-state index in [0.717, 1.165) is 26.1 Å². The number of hydrogen-bond acceptors (Lipinski definition) is 2. The molecule has 0 aromatic carbocycles. The van der Waals surface area contributed by atoms with Gasteiger partial charge in [0.2, 0.25) is 5.91 Å². The standard InChI is InChI=1S/C15H28N2O.ClH/c1-11(12-9-16-10-12)14(18)17-7-5-6-13(17)8-15(2,3)4;/h11-13,16H,5-10H2,1-4H3;1H. The van der Waals surface area contributed by atoms with Gasteiger partial charge < -0.3 is 10.2 Å². The number of nitrogens with one attached hydrogen (secondary N) is 1. The van der Waals surface area contributed by atoms with E-state index in [-0.39, 0.29) is 18.3 Å². The van der Waals surface area contributed by atoms with Gasteiger partial charge in [-0.25, -0.2) is 0 Å². The van der Waals surface area contributed by atoms with Crippen molar-refractivity contribution in [3.8, 4) is 0 Å². The summed E-state index contributed by atoms with van der Waals surface area (Å²) in [7, 11) is 0. The SMILES string of the molecule is CC(C(=O)N1CCCC1CC(C)(C)C)C1CNC1.Cl. The lowest BCUT2D eigenvalue weighted by atomic mass is 9.85. The Bertz CT molecular complexity index is 310. The average molecular weight is 289 g/mol. The third-order valence-electron chi connectivity index (χ3n) is 4.42. The van der Waals surface area contributed by atoms with Gasteiger partial charge in [0, 0.05) is 18.5 Å². The fraction of sp³-hybridized carbons (Fsp3) is 0.933. The minimum Gasteiger partial charge on any atom is -0.339 e. The molecule has 0 aromatic heterocycles. The second-order valence-electron chi connectivity index (χ2n) is 7.30. The van der Waals surface area contributed by atoms with Crippen LogP contribution in [0, 0.1) is 17.3 Å². The van der Waals surface area contributed by atoms with Crippen molar-refractivity contribution < 1.29 is 4.79 Å². The largest absolute Gasteiger partial charge is 0.339 e. The van der Waals surface area contributed by atoms with Crippen LogP contribution in [0.5, 0.6) is 0 Å². The van der Waals surface area contributed by atoms with Crippen LogP contribution in [0.15, 0.2) is 0 Å². The minimum absolute atomic E-state index is 0. The highest BCUT2D eigenvalue weighted by Gasteiger charge is 2.37. The van der Waals surface area contributed by atoms with Crippen LogP contribution in [-0.2, 0) is 4.79 Å². The molecular formula is C15H29ClN2O. The van der Waals surface area contributed by atoms with Gasteiger partial charge in [-0.3, -0.25) is 4.79 Å². The third kappa shape index (κ3) is 4.09. The summed E-state index contributed by atoms with van der Waals surface area (Å²) in [6, 6.07) is 0.480. The summed E-state index contributed by atoms with van der Waals surface area (Å²) in [4.78, 5) is 14.7. The fourth-order valence-corrected chi connectivity index (χ4v) is 3.17. The molecule has 0 spiro atoms. The fourth-order valence-electron chi connectivity index (χ4n) is 3.17. The topological polar surface area (TPSA) is 32.3 Å². The second kappa shape index (κ2) is 6.45. The minimum atomic E-state index is 0. The van der Waals surface area contributed by atoms with Gasteiger partial charge in [0.25, 0.3) is 0 Å². The van der Waals surface area contributed by atoms with E-state index < -0.39 is 0 Å². The van der Waals surface area contributed by atoms with Crippen LogP contribution in [0.4, 0.5) is 0 Å². The Morgan fingerprint density at radius 3 is 2.47 bits per heavy atom. The Labute approximate surface area is 123 Å². The van der Waals surface area contributed by atoms with Crippen LogP contribution in [0.2, 0.25) is 0 Å². The van der Waals surface area contributed by atoms with Crippen LogP contribution in [0.1, 0.15) is 47.0 Å². The molecule has 2 heterocycles. The molecule has 112 valence electrons. The van der Waals surface area contributed by atoms with E-state index in [0.29, 0.717) is 23.3 Å². The Morgan fingerprint density at radius 1 is 1.37 bits per heavy atom. The zero-order valence-corrected chi connectivity index (χ0v) is 13.6. The van der Waals surface area contributed by atoms with Crippen LogP contribution < -0.4 is 5.32 Å². The molecule has 1 amide bonds. The second-order valence-corrected chi connectivity index (χ2v) is 7.30. The van der Waals surface area contributed by atoms with Gasteiger partial charge in [0.15, 0.2) is 0 Å². The van der Waals surface area contributed by atoms with E-state index in [1.807, 2.05) is 0 Å². The summed E-state index contributed by atoms with van der Waals surface area (Å²) >= 11 is 0. The third-order valence-corrected chi connectivity index (χ3v) is 4.42. The van der Waals surface area contributed by atoms with Crippen LogP contribution in [0.25, 0.3) is 0 Å². The summed E-state index contributed by atoms with van der Waals surface area (Å²) in [6.45, 7) is 11.9. The molecule has 2 fully saturated rings. The van der Waals surface area contributed by atoms with Gasteiger partial charge in [0.05, 0.1) is 0 Å². The van der Waals surface area contributed by atoms with Gasteiger partial charge in [-0.2, -0.15) is 0 Å². The number of carbonyl (C=O) groups excluding carboxylic acids is 1. The first kappa shape index (κ1) is 16.8. The number of halogens is 1. The van der Waals surface area contributed by atoms with E-state index in [2.05, 4.69) is 37.9 Å². The van der Waals surface area contributed by atoms with Gasteiger partial charge in [-0.15, -0.1) is 12.4 Å². The first-order valence-electron chi connectivity index (χ1n) is 7.40. The Morgan fingerprint density at radius 2 is 2.00 bits per heavy atom. The molecule has 0 radical (unpaired) electrons. The van der Waals surface area contributed by atoms with Crippen molar-refractivity contribution in [1.82, 2.24) is 10.2 Å². The highest BCUT2D eigenvalue weighted by molar-refractivity contribution is 5.85. The molecule has 2 aliphatic rings. The number of likely N-dealkylation sites (tertiary alicyclic amines) is 1. The highest BCUT2D eigenvalue weighted by atomic mass is 35.5. The molecule has 0 aromatic rings. The lowest BCUT2D eigenvalue weighted by molar-refractivity contribution is -0.138. The van der Waals surface area contributed by atoms with Crippen molar-refractivity contribution in [2.24, 2.45) is 17.3 Å². The number of rotatable bonds is 3. The molecule has 2 unspecified atom stereocenters. The predicted octanol–water partition coefficient (Wildman–Crippen LogP) is 2.69. The molecule has 2 atom stereocenters. The normalized spacial score (nSPS) is 25.7. The average Bonchev–Trinajstić information content (AvgIpc) is 2.59. The predicted molar refractivity (Wildman–Crippen MR) is 81.6 cm³/mol. The number of nitrogens with zero attached hydrogens (tertiary/aromatic N) is 1. The van der Waals surface area contributed by atoms with Crippen LogP contribution in [0.3, 0.4) is 0 Å². The van der Waals surface area contributed by atoms with E-state index in [1.54, 1.807) is 0 Å². The van der Waals surface area contributed by atoms with Gasteiger partial charge in [0.1, 0.15) is 0 Å². The Kier molecular flexibility index (Phi) is 5.69. The first-order chi connectivity index (χ1) is 8.38. The first-order valence-corrected chi connectivity index (χ1v) is 7.40. The van der Waals surface area contributed by atoms with Crippen molar-refractivity contribution in [2.75, 3.05) is 19.6 Å². The van der Waals surface area contributed by atoms with E-state index >= 15 is 0 Å². The van der Waals surface area contributed by atoms with Crippen molar-refractivity contribution in [2.45, 2.75) is 53.0 Å². The van der Waals surface area contributed by atoms with Crippen LogP contribution >= 0.6 is 12.4 Å². The molecule has 0 bridgehead atoms. The summed E-state index contributed by atoms with van der Waals surface area (Å²) in [6.07, 6.45) is 3.51. The maximum absolute atomic E-state index is 12.6. The molecule has 2 rings (SSSR count). The summed E-state index contributed by atoms with van der Waals surface area (Å²) in [5.41, 5.74) is 0.314. The van der Waals surface area contributed by atoms with E-state index in [9.17, 15) is 4.79 Å². The Hall–Kier alpha value is -0.280. The zero-order valence-electron chi connectivity index (χ0n) is 12.7. The molecule has 3 nitrogen and oxygen atoms in total. The highest BCUT2D eigenvalue weighted by Crippen LogP contribution is 2.31. The molecule has 19 heavy (non-hydrogen) atoms. The summed E-state index contributed by atoms with van der Waals surface area (Å²) < 4.78 is 0. The zero-order chi connectivity index (χ0) is 13.3. The molecule has 1 N–H and O–H groups in total. The molecular weight excluding hydrogens is 260 g/mol. The lowest BCUT2D eigenvalue weighted by Crippen LogP contribution is -2.51. The van der Waals surface area contributed by atoms with Crippen molar-refractivity contribution >= 4 is 18.3 Å². The molecule has 2 saturated heterocycles. The maximum atomic E-state index is 12.6. The molecule has 0 saturated carbocycles. The van der Waals surface area contributed by atoms with Crippen molar-refractivity contribution in [3.05, 3.63) is 0 Å². The number of carbonyl (C=O) groups is 1. The maximum Gasteiger partial charge on any atom is 0.226 e. The molecule has 4 heteroatoms. The van der Waals surface area contributed by atoms with E-state index in [4.69, 9.17) is 0 Å². The summed E-state index contributed by atoms with van der Waals surface area (Å²) in [5.74, 6) is 1.16. The van der Waals surface area contributed by atoms with Crippen LogP contribution in [-0.4, -0.2) is 36.5 Å². The summed E-state index contributed by atoms with van der Waals surface area (Å²) in [5, 5.41) is 3.27. The number of hydrogen-bond donors (Lipinski definition) is 1. The van der Waals surface area contributed by atoms with E-state index in [1.165, 1.54) is 12.8 Å². The van der Waals surface area contributed by atoms with Gasteiger partial charge >= 0.3 is 0 Å². The molecule has 2 aliphatic heterocycles.